The molecule has 2 aromatic rings. The highest BCUT2D eigenvalue weighted by Gasteiger charge is 2.14. The molecule has 0 heterocycles. The van der Waals surface area contributed by atoms with E-state index in [1.807, 2.05) is 26.0 Å². The molecule has 18 heavy (non-hydrogen) atoms. The summed E-state index contributed by atoms with van der Waals surface area (Å²) in [6.45, 7) is 4.19. The van der Waals surface area contributed by atoms with Gasteiger partial charge >= 0.3 is 5.97 Å². The van der Waals surface area contributed by atoms with Crippen LogP contribution in [0, 0.1) is 5.92 Å². The minimum Gasteiger partial charge on any atom is -0.466 e. The van der Waals surface area contributed by atoms with Crippen molar-refractivity contribution in [3.63, 3.8) is 0 Å². The highest BCUT2D eigenvalue weighted by Crippen LogP contribution is 2.18. The molecule has 0 saturated heterocycles. The van der Waals surface area contributed by atoms with Crippen LogP contribution in [0.3, 0.4) is 0 Å². The summed E-state index contributed by atoms with van der Waals surface area (Å²) in [6, 6.07) is 14.6. The molecule has 0 radical (unpaired) electrons. The van der Waals surface area contributed by atoms with Crippen LogP contribution in [0.5, 0.6) is 0 Å². The first kappa shape index (κ1) is 12.6. The Kier molecular flexibility index (Phi) is 3.98. The number of carbonyl (C=O) groups excluding carboxylic acids is 1. The number of rotatable bonds is 4. The van der Waals surface area contributed by atoms with Gasteiger partial charge in [0.15, 0.2) is 0 Å². The van der Waals surface area contributed by atoms with Gasteiger partial charge in [-0.2, -0.15) is 0 Å². The maximum Gasteiger partial charge on any atom is 0.308 e. The van der Waals surface area contributed by atoms with Crippen molar-refractivity contribution < 1.29 is 9.53 Å². The SMILES string of the molecule is CCOC(=O)C(C)Cc1ccc2ccccc2c1. The van der Waals surface area contributed by atoms with Gasteiger partial charge in [0, 0.05) is 0 Å². The van der Waals surface area contributed by atoms with Gasteiger partial charge in [-0.3, -0.25) is 4.79 Å². The molecule has 2 aromatic carbocycles. The number of esters is 1. The Balaban J connectivity index is 2.14. The molecule has 0 aromatic heterocycles. The van der Waals surface area contributed by atoms with E-state index in [1.54, 1.807) is 0 Å². The highest BCUT2D eigenvalue weighted by molar-refractivity contribution is 5.83. The lowest BCUT2D eigenvalue weighted by Crippen LogP contribution is -2.16. The molecule has 2 rings (SSSR count). The standard InChI is InChI=1S/C16H18O2/c1-3-18-16(17)12(2)10-13-8-9-14-6-4-5-7-15(14)11-13/h4-9,11-12H,3,10H2,1-2H3. The summed E-state index contributed by atoms with van der Waals surface area (Å²) in [4.78, 5) is 11.6. The van der Waals surface area contributed by atoms with Crippen LogP contribution in [0.2, 0.25) is 0 Å². The average molecular weight is 242 g/mol. The molecule has 0 fully saturated rings. The number of hydrogen-bond donors (Lipinski definition) is 0. The van der Waals surface area contributed by atoms with Gasteiger partial charge in [0.05, 0.1) is 12.5 Å². The molecule has 0 aliphatic rings. The molecular weight excluding hydrogens is 224 g/mol. The second kappa shape index (κ2) is 5.67. The largest absolute Gasteiger partial charge is 0.466 e. The fraction of sp³-hybridized carbons (Fsp3) is 0.312. The van der Waals surface area contributed by atoms with Gasteiger partial charge in [-0.25, -0.2) is 0 Å². The Labute approximate surface area is 108 Å². The third kappa shape index (κ3) is 2.89. The molecule has 0 saturated carbocycles. The zero-order valence-electron chi connectivity index (χ0n) is 10.8. The highest BCUT2D eigenvalue weighted by atomic mass is 16.5. The summed E-state index contributed by atoms with van der Waals surface area (Å²) in [5.41, 5.74) is 1.18. The average Bonchev–Trinajstić information content (AvgIpc) is 2.39. The van der Waals surface area contributed by atoms with Crippen molar-refractivity contribution in [1.82, 2.24) is 0 Å². The quantitative estimate of drug-likeness (QED) is 0.766. The number of fused-ring (bicyclic) bond motifs is 1. The van der Waals surface area contributed by atoms with Gasteiger partial charge in [-0.1, -0.05) is 49.4 Å². The summed E-state index contributed by atoms with van der Waals surface area (Å²) in [5, 5.41) is 2.44. The first-order chi connectivity index (χ1) is 8.70. The molecule has 0 amide bonds. The third-order valence-corrected chi connectivity index (χ3v) is 3.04. The minimum absolute atomic E-state index is 0.0916. The van der Waals surface area contributed by atoms with Crippen LogP contribution in [0.15, 0.2) is 42.5 Å². The Morgan fingerprint density at radius 1 is 1.17 bits per heavy atom. The molecule has 1 unspecified atom stereocenters. The molecule has 2 nitrogen and oxygen atoms in total. The van der Waals surface area contributed by atoms with Crippen LogP contribution in [0.4, 0.5) is 0 Å². The summed E-state index contributed by atoms with van der Waals surface area (Å²) in [7, 11) is 0. The van der Waals surface area contributed by atoms with Crippen LogP contribution in [-0.2, 0) is 16.0 Å². The molecule has 0 bridgehead atoms. The van der Waals surface area contributed by atoms with E-state index in [0.29, 0.717) is 6.61 Å². The number of benzene rings is 2. The lowest BCUT2D eigenvalue weighted by molar-refractivity contribution is -0.147. The summed E-state index contributed by atoms with van der Waals surface area (Å²) >= 11 is 0. The smallest absolute Gasteiger partial charge is 0.308 e. The fourth-order valence-corrected chi connectivity index (χ4v) is 2.09. The van der Waals surface area contributed by atoms with Crippen molar-refractivity contribution in [2.24, 2.45) is 5.92 Å². The van der Waals surface area contributed by atoms with Gasteiger partial charge in [0.25, 0.3) is 0 Å². The lowest BCUT2D eigenvalue weighted by Gasteiger charge is -2.11. The Hall–Kier alpha value is -1.83. The molecule has 94 valence electrons. The maximum absolute atomic E-state index is 11.6. The van der Waals surface area contributed by atoms with Crippen LogP contribution < -0.4 is 0 Å². The molecule has 1 atom stereocenters. The normalized spacial score (nSPS) is 12.3. The lowest BCUT2D eigenvalue weighted by atomic mass is 9.98. The third-order valence-electron chi connectivity index (χ3n) is 3.04. The monoisotopic (exact) mass is 242 g/mol. The predicted molar refractivity (Wildman–Crippen MR) is 73.4 cm³/mol. The second-order valence-corrected chi connectivity index (χ2v) is 4.54. The Morgan fingerprint density at radius 2 is 1.89 bits per heavy atom. The van der Waals surface area contributed by atoms with E-state index in [2.05, 4.69) is 30.3 Å². The van der Waals surface area contributed by atoms with Crippen molar-refractivity contribution in [2.75, 3.05) is 6.61 Å². The van der Waals surface area contributed by atoms with E-state index < -0.39 is 0 Å². The molecular formula is C16H18O2. The van der Waals surface area contributed by atoms with Gasteiger partial charge in [0.1, 0.15) is 0 Å². The van der Waals surface area contributed by atoms with E-state index in [-0.39, 0.29) is 11.9 Å². The molecule has 0 aliphatic heterocycles. The summed E-state index contributed by atoms with van der Waals surface area (Å²) in [5.74, 6) is -0.211. The predicted octanol–water partition coefficient (Wildman–Crippen LogP) is 3.58. The maximum atomic E-state index is 11.6. The van der Waals surface area contributed by atoms with Crippen LogP contribution in [-0.4, -0.2) is 12.6 Å². The van der Waals surface area contributed by atoms with Gasteiger partial charge in [-0.15, -0.1) is 0 Å². The first-order valence-corrected chi connectivity index (χ1v) is 6.35. The van der Waals surface area contributed by atoms with E-state index >= 15 is 0 Å². The van der Waals surface area contributed by atoms with Crippen molar-refractivity contribution >= 4 is 16.7 Å². The minimum atomic E-state index is -0.120. The molecule has 0 aliphatic carbocycles. The number of hydrogen-bond acceptors (Lipinski definition) is 2. The van der Waals surface area contributed by atoms with Crippen LogP contribution >= 0.6 is 0 Å². The Morgan fingerprint density at radius 3 is 2.61 bits per heavy atom. The number of carbonyl (C=O) groups is 1. The molecule has 0 N–H and O–H groups in total. The van der Waals surface area contributed by atoms with Crippen molar-refractivity contribution in [2.45, 2.75) is 20.3 Å². The first-order valence-electron chi connectivity index (χ1n) is 6.35. The summed E-state index contributed by atoms with van der Waals surface area (Å²) in [6.07, 6.45) is 0.726. The summed E-state index contributed by atoms with van der Waals surface area (Å²) < 4.78 is 5.02. The van der Waals surface area contributed by atoms with Crippen LogP contribution in [0.1, 0.15) is 19.4 Å². The van der Waals surface area contributed by atoms with Gasteiger partial charge < -0.3 is 4.74 Å². The number of ether oxygens (including phenoxy) is 1. The van der Waals surface area contributed by atoms with E-state index in [0.717, 1.165) is 6.42 Å². The molecule has 0 spiro atoms. The van der Waals surface area contributed by atoms with E-state index in [9.17, 15) is 4.79 Å². The zero-order chi connectivity index (χ0) is 13.0. The second-order valence-electron chi connectivity index (χ2n) is 4.54. The zero-order valence-corrected chi connectivity index (χ0v) is 10.8. The van der Waals surface area contributed by atoms with Gasteiger partial charge in [0.2, 0.25) is 0 Å². The van der Waals surface area contributed by atoms with E-state index in [1.165, 1.54) is 16.3 Å². The van der Waals surface area contributed by atoms with E-state index in [4.69, 9.17) is 4.74 Å². The topological polar surface area (TPSA) is 26.3 Å². The van der Waals surface area contributed by atoms with Gasteiger partial charge in [-0.05, 0) is 29.7 Å². The fourth-order valence-electron chi connectivity index (χ4n) is 2.09. The van der Waals surface area contributed by atoms with Crippen molar-refractivity contribution in [3.8, 4) is 0 Å². The van der Waals surface area contributed by atoms with Crippen molar-refractivity contribution in [1.29, 1.82) is 0 Å². The molecule has 2 heteroatoms. The van der Waals surface area contributed by atoms with Crippen LogP contribution in [0.25, 0.3) is 10.8 Å². The Bertz CT molecular complexity index is 546. The van der Waals surface area contributed by atoms with Crippen molar-refractivity contribution in [3.05, 3.63) is 48.0 Å².